The maximum absolute atomic E-state index is 11.9. The molecule has 1 aromatic carbocycles. The standard InChI is InChI=1S/C6H3F3.C3H6O2/c7-4-1-5(8)3-6(9)2-4;1-3(4)5-2/h1-3H;1-2H3. The van der Waals surface area contributed by atoms with E-state index < -0.39 is 17.5 Å². The van der Waals surface area contributed by atoms with E-state index in [4.69, 9.17) is 0 Å². The van der Waals surface area contributed by atoms with E-state index in [1.54, 1.807) is 0 Å². The Balaban J connectivity index is 0.000000292. The van der Waals surface area contributed by atoms with Crippen molar-refractivity contribution in [2.45, 2.75) is 6.92 Å². The van der Waals surface area contributed by atoms with Crippen molar-refractivity contribution in [3.63, 3.8) is 0 Å². The molecule has 0 bridgehead atoms. The van der Waals surface area contributed by atoms with Crippen molar-refractivity contribution in [3.05, 3.63) is 35.7 Å². The fourth-order valence-corrected chi connectivity index (χ4v) is 0.520. The fraction of sp³-hybridized carbons (Fsp3) is 0.222. The first kappa shape index (κ1) is 12.5. The van der Waals surface area contributed by atoms with Gasteiger partial charge in [0.15, 0.2) is 0 Å². The van der Waals surface area contributed by atoms with Crippen LogP contribution in [-0.2, 0) is 9.53 Å². The van der Waals surface area contributed by atoms with Gasteiger partial charge in [0.25, 0.3) is 0 Å². The van der Waals surface area contributed by atoms with Crippen LogP contribution < -0.4 is 0 Å². The van der Waals surface area contributed by atoms with Gasteiger partial charge in [-0.1, -0.05) is 0 Å². The molecule has 0 aliphatic heterocycles. The second kappa shape index (κ2) is 6.01. The number of methoxy groups -OCH3 is 1. The monoisotopic (exact) mass is 206 g/mol. The van der Waals surface area contributed by atoms with Gasteiger partial charge in [0, 0.05) is 25.1 Å². The number of rotatable bonds is 0. The number of benzene rings is 1. The highest BCUT2D eigenvalue weighted by atomic mass is 19.1. The Morgan fingerprint density at radius 2 is 1.29 bits per heavy atom. The number of esters is 1. The summed E-state index contributed by atoms with van der Waals surface area (Å²) in [6.45, 7) is 1.36. The molecule has 0 aliphatic carbocycles. The van der Waals surface area contributed by atoms with Crippen LogP contribution in [-0.4, -0.2) is 13.1 Å². The van der Waals surface area contributed by atoms with Crippen LogP contribution in [0.3, 0.4) is 0 Å². The summed E-state index contributed by atoms with van der Waals surface area (Å²) in [5.41, 5.74) is 0. The minimum atomic E-state index is -0.896. The lowest BCUT2D eigenvalue weighted by Gasteiger charge is -1.88. The van der Waals surface area contributed by atoms with Crippen molar-refractivity contribution in [1.82, 2.24) is 0 Å². The molecule has 0 saturated heterocycles. The number of hydrogen-bond acceptors (Lipinski definition) is 2. The van der Waals surface area contributed by atoms with E-state index in [2.05, 4.69) is 4.74 Å². The highest BCUT2D eigenvalue weighted by molar-refractivity contribution is 5.65. The summed E-state index contributed by atoms with van der Waals surface area (Å²) in [5, 5.41) is 0. The van der Waals surface area contributed by atoms with E-state index in [0.29, 0.717) is 18.2 Å². The Morgan fingerprint density at radius 3 is 1.43 bits per heavy atom. The molecule has 0 N–H and O–H groups in total. The molecule has 0 atom stereocenters. The average molecular weight is 206 g/mol. The smallest absolute Gasteiger partial charge is 0.302 e. The van der Waals surface area contributed by atoms with Gasteiger partial charge in [0.05, 0.1) is 7.11 Å². The van der Waals surface area contributed by atoms with Crippen LogP contribution in [0.15, 0.2) is 18.2 Å². The molecule has 0 aliphatic rings. The highest BCUT2D eigenvalue weighted by Crippen LogP contribution is 2.04. The molecule has 0 aromatic heterocycles. The van der Waals surface area contributed by atoms with Gasteiger partial charge in [-0.3, -0.25) is 4.79 Å². The third-order valence-corrected chi connectivity index (χ3v) is 1.11. The Morgan fingerprint density at radius 1 is 1.07 bits per heavy atom. The number of hydrogen-bond donors (Lipinski definition) is 0. The lowest BCUT2D eigenvalue weighted by Crippen LogP contribution is -1.88. The number of carbonyl (C=O) groups is 1. The Bertz CT molecular complexity index is 262. The van der Waals surface area contributed by atoms with Crippen molar-refractivity contribution in [2.75, 3.05) is 7.11 Å². The molecule has 0 amide bonds. The molecule has 78 valence electrons. The first-order chi connectivity index (χ1) is 6.45. The van der Waals surface area contributed by atoms with Crippen molar-refractivity contribution in [1.29, 1.82) is 0 Å². The largest absolute Gasteiger partial charge is 0.469 e. The van der Waals surface area contributed by atoms with Crippen molar-refractivity contribution < 1.29 is 22.7 Å². The van der Waals surface area contributed by atoms with Gasteiger partial charge < -0.3 is 4.74 Å². The van der Waals surface area contributed by atoms with Crippen molar-refractivity contribution >= 4 is 5.97 Å². The topological polar surface area (TPSA) is 26.3 Å². The molecule has 2 nitrogen and oxygen atoms in total. The normalized spacial score (nSPS) is 8.64. The molecular weight excluding hydrogens is 197 g/mol. The first-order valence-electron chi connectivity index (χ1n) is 3.62. The predicted molar refractivity (Wildman–Crippen MR) is 44.0 cm³/mol. The Labute approximate surface area is 79.3 Å². The van der Waals surface area contributed by atoms with E-state index in [1.807, 2.05) is 0 Å². The molecule has 0 fully saturated rings. The third-order valence-electron chi connectivity index (χ3n) is 1.11. The molecule has 0 heterocycles. The van der Waals surface area contributed by atoms with Crippen molar-refractivity contribution in [2.24, 2.45) is 0 Å². The van der Waals surface area contributed by atoms with Crippen LogP contribution in [0.2, 0.25) is 0 Å². The predicted octanol–water partition coefficient (Wildman–Crippen LogP) is 2.28. The Hall–Kier alpha value is -1.52. The molecule has 0 spiro atoms. The molecule has 0 unspecified atom stereocenters. The van der Waals surface area contributed by atoms with Gasteiger partial charge in [-0.25, -0.2) is 13.2 Å². The van der Waals surface area contributed by atoms with E-state index in [0.717, 1.165) is 0 Å². The zero-order valence-electron chi connectivity index (χ0n) is 7.68. The van der Waals surface area contributed by atoms with E-state index in [9.17, 15) is 18.0 Å². The second-order valence-electron chi connectivity index (χ2n) is 2.28. The molecular formula is C9H9F3O2. The lowest BCUT2D eigenvalue weighted by molar-refractivity contribution is -0.137. The summed E-state index contributed by atoms with van der Waals surface area (Å²) in [6.07, 6.45) is 0. The van der Waals surface area contributed by atoms with Crippen LogP contribution in [0.25, 0.3) is 0 Å². The highest BCUT2D eigenvalue weighted by Gasteiger charge is 1.96. The third kappa shape index (κ3) is 6.05. The van der Waals surface area contributed by atoms with Gasteiger partial charge in [0.1, 0.15) is 17.5 Å². The molecule has 0 saturated carbocycles. The van der Waals surface area contributed by atoms with Crippen LogP contribution in [0, 0.1) is 17.5 Å². The maximum atomic E-state index is 11.9. The summed E-state index contributed by atoms with van der Waals surface area (Å²) in [4.78, 5) is 9.59. The maximum Gasteiger partial charge on any atom is 0.302 e. The van der Waals surface area contributed by atoms with E-state index >= 15 is 0 Å². The number of carbonyl (C=O) groups excluding carboxylic acids is 1. The second-order valence-corrected chi connectivity index (χ2v) is 2.28. The minimum absolute atomic E-state index is 0.245. The van der Waals surface area contributed by atoms with Crippen LogP contribution in [0.4, 0.5) is 13.2 Å². The zero-order valence-corrected chi connectivity index (χ0v) is 7.68. The molecule has 14 heavy (non-hydrogen) atoms. The number of ether oxygens (including phenoxy) is 1. The summed E-state index contributed by atoms with van der Waals surface area (Å²) >= 11 is 0. The van der Waals surface area contributed by atoms with Gasteiger partial charge in [-0.05, 0) is 0 Å². The SMILES string of the molecule is COC(C)=O.Fc1cc(F)cc(F)c1. The lowest BCUT2D eigenvalue weighted by atomic mass is 10.3. The minimum Gasteiger partial charge on any atom is -0.469 e. The van der Waals surface area contributed by atoms with Gasteiger partial charge >= 0.3 is 5.97 Å². The summed E-state index contributed by atoms with van der Waals surface area (Å²) in [5.74, 6) is -2.93. The molecule has 5 heteroatoms. The van der Waals surface area contributed by atoms with Gasteiger partial charge in [0.2, 0.25) is 0 Å². The molecule has 1 aromatic rings. The average Bonchev–Trinajstić information content (AvgIpc) is 2.02. The van der Waals surface area contributed by atoms with Gasteiger partial charge in [-0.2, -0.15) is 0 Å². The van der Waals surface area contributed by atoms with Crippen LogP contribution >= 0.6 is 0 Å². The first-order valence-corrected chi connectivity index (χ1v) is 3.62. The van der Waals surface area contributed by atoms with E-state index in [1.165, 1.54) is 14.0 Å². The van der Waals surface area contributed by atoms with E-state index in [-0.39, 0.29) is 5.97 Å². The summed E-state index contributed by atoms with van der Waals surface area (Å²) < 4.78 is 40.0. The molecule has 1 rings (SSSR count). The number of halogens is 3. The fourth-order valence-electron chi connectivity index (χ4n) is 0.520. The van der Waals surface area contributed by atoms with Crippen LogP contribution in [0.1, 0.15) is 6.92 Å². The van der Waals surface area contributed by atoms with Crippen LogP contribution in [0.5, 0.6) is 0 Å². The summed E-state index contributed by atoms with van der Waals surface area (Å²) in [6, 6.07) is 1.84. The summed E-state index contributed by atoms with van der Waals surface area (Å²) in [7, 11) is 1.35. The Kier molecular flexibility index (Phi) is 5.36. The van der Waals surface area contributed by atoms with Gasteiger partial charge in [-0.15, -0.1) is 0 Å². The zero-order chi connectivity index (χ0) is 11.1. The van der Waals surface area contributed by atoms with Crippen molar-refractivity contribution in [3.8, 4) is 0 Å². The molecule has 0 radical (unpaired) electrons. The quantitative estimate of drug-likeness (QED) is 0.609.